The van der Waals surface area contributed by atoms with Gasteiger partial charge in [0.2, 0.25) is 0 Å². The number of aliphatic carboxylic acids is 1. The van der Waals surface area contributed by atoms with Gasteiger partial charge in [0.15, 0.2) is 0 Å². The molecule has 0 aliphatic rings. The molecule has 0 rings (SSSR count). The van der Waals surface area contributed by atoms with Crippen LogP contribution in [0.1, 0.15) is 111 Å². The largest absolute Gasteiger partial charge is 3.00 e. The van der Waals surface area contributed by atoms with Crippen molar-refractivity contribution in [2.45, 2.75) is 110 Å². The van der Waals surface area contributed by atoms with Gasteiger partial charge in [-0.25, -0.2) is 0 Å². The van der Waals surface area contributed by atoms with Gasteiger partial charge in [-0.05, 0) is 6.42 Å². The Morgan fingerprint density at radius 3 is 1.24 bits per heavy atom. The maximum Gasteiger partial charge on any atom is 3.00 e. The summed E-state index contributed by atoms with van der Waals surface area (Å²) in [4.78, 5) is 10.3. The minimum atomic E-state index is -0.653. The van der Waals surface area contributed by atoms with Crippen molar-refractivity contribution in [1.82, 2.24) is 0 Å². The summed E-state index contributed by atoms with van der Waals surface area (Å²) < 4.78 is 0. The van der Waals surface area contributed by atoms with Crippen molar-refractivity contribution in [3.63, 3.8) is 0 Å². The maximum absolute atomic E-state index is 10.3. The average molecular weight is 312 g/mol. The quantitative estimate of drug-likeness (QED) is 0.277. The molecule has 120 valence electrons. The molecule has 0 radical (unpaired) electrons. The van der Waals surface area contributed by atoms with Gasteiger partial charge in [-0.2, -0.15) is 0 Å². The topological polar surface area (TPSA) is 37.3 Å². The first kappa shape index (κ1) is 23.3. The number of hydrogen-bond acceptors (Lipinski definition) is 1. The van der Waals surface area contributed by atoms with Gasteiger partial charge in [0.1, 0.15) is 0 Å². The predicted molar refractivity (Wildman–Crippen MR) is 94.0 cm³/mol. The number of carboxylic acids is 1. The summed E-state index contributed by atoms with van der Waals surface area (Å²) in [6.45, 7) is 2.27. The summed E-state index contributed by atoms with van der Waals surface area (Å²) >= 11 is 0. The van der Waals surface area contributed by atoms with E-state index in [0.29, 0.717) is 6.42 Å². The van der Waals surface area contributed by atoms with E-state index in [1.54, 1.807) is 0 Å². The molecule has 0 aliphatic carbocycles. The second kappa shape index (κ2) is 20.0. The van der Waals surface area contributed by atoms with E-state index < -0.39 is 5.97 Å². The van der Waals surface area contributed by atoms with Crippen molar-refractivity contribution in [3.8, 4) is 0 Å². The number of unbranched alkanes of at least 4 members (excludes halogenated alkanes) is 14. The zero-order valence-electron chi connectivity index (χ0n) is 15.2. The first-order valence-electron chi connectivity index (χ1n) is 8.99. The van der Waals surface area contributed by atoms with Crippen molar-refractivity contribution < 1.29 is 11.3 Å². The first-order chi connectivity index (χ1) is 9.77. The minimum Gasteiger partial charge on any atom is -0.481 e. The molecular formula is C18H37AlO2+4. The molecule has 0 amide bonds. The van der Waals surface area contributed by atoms with Crippen LogP contribution >= 0.6 is 0 Å². The Bertz CT molecular complexity index is 213. The van der Waals surface area contributed by atoms with E-state index in [1.165, 1.54) is 83.5 Å². The number of rotatable bonds is 16. The zero-order valence-corrected chi connectivity index (χ0v) is 15.4. The van der Waals surface area contributed by atoms with Crippen LogP contribution in [-0.4, -0.2) is 28.4 Å². The van der Waals surface area contributed by atoms with E-state index >= 15 is 0 Å². The van der Waals surface area contributed by atoms with Crippen LogP contribution < -0.4 is 0 Å². The molecule has 0 saturated heterocycles. The molecule has 0 spiro atoms. The van der Waals surface area contributed by atoms with Gasteiger partial charge in [0, 0.05) is 6.42 Å². The molecule has 21 heavy (non-hydrogen) atoms. The number of carboxylic acid groups (broad SMARTS) is 1. The van der Waals surface area contributed by atoms with Crippen molar-refractivity contribution in [2.75, 3.05) is 0 Å². The summed E-state index contributed by atoms with van der Waals surface area (Å²) in [7, 11) is 0. The molecule has 3 heteroatoms. The van der Waals surface area contributed by atoms with Crippen LogP contribution in [0.15, 0.2) is 0 Å². The Labute approximate surface area is 144 Å². The number of hydrogen-bond donors (Lipinski definition) is 1. The molecule has 0 unspecified atom stereocenters. The van der Waals surface area contributed by atoms with Crippen LogP contribution in [0.25, 0.3) is 0 Å². The fourth-order valence-electron chi connectivity index (χ4n) is 2.65. The summed E-state index contributed by atoms with van der Waals surface area (Å²) in [5.74, 6) is -0.653. The molecule has 1 N–H and O–H groups in total. The fourth-order valence-corrected chi connectivity index (χ4v) is 2.65. The van der Waals surface area contributed by atoms with Crippen molar-refractivity contribution >= 4 is 23.3 Å². The van der Waals surface area contributed by atoms with Gasteiger partial charge in [-0.3, -0.25) is 4.79 Å². The van der Waals surface area contributed by atoms with Gasteiger partial charge < -0.3 is 5.11 Å². The van der Waals surface area contributed by atoms with E-state index in [4.69, 9.17) is 5.11 Å². The van der Waals surface area contributed by atoms with Crippen LogP contribution in [0.2, 0.25) is 0 Å². The summed E-state index contributed by atoms with van der Waals surface area (Å²) in [5, 5.41) is 8.52. The van der Waals surface area contributed by atoms with E-state index in [2.05, 4.69) is 6.92 Å². The molecular weight excluding hydrogens is 275 g/mol. The van der Waals surface area contributed by atoms with E-state index in [0.717, 1.165) is 12.8 Å². The van der Waals surface area contributed by atoms with Crippen molar-refractivity contribution in [2.24, 2.45) is 0 Å². The molecule has 0 saturated carbocycles. The van der Waals surface area contributed by atoms with E-state index in [1.807, 2.05) is 0 Å². The molecule has 0 aromatic rings. The monoisotopic (exact) mass is 312 g/mol. The minimum absolute atomic E-state index is 0. The van der Waals surface area contributed by atoms with Crippen LogP contribution in [0.3, 0.4) is 0 Å². The predicted octanol–water partition coefficient (Wildman–Crippen LogP) is 6.06. The zero-order chi connectivity index (χ0) is 14.9. The van der Waals surface area contributed by atoms with Crippen LogP contribution in [-0.2, 0) is 4.79 Å². The molecule has 0 bridgehead atoms. The third-order valence-electron chi connectivity index (χ3n) is 3.99. The van der Waals surface area contributed by atoms with Gasteiger partial charge >= 0.3 is 24.8 Å². The molecule has 0 heterocycles. The standard InChI is InChI=1S/C18H36O2.Al/c1-2-3-4-5-6-7-8-9-10-11-12-13-14-15-16-17-18(19)20;/h2-17H2,1H3,(H,19,20);/q;+3/p+1. The van der Waals surface area contributed by atoms with Crippen molar-refractivity contribution in [1.29, 1.82) is 0 Å². The average Bonchev–Trinajstić information content (AvgIpc) is 2.43. The number of carbonyl (C=O) groups is 1. The Morgan fingerprint density at radius 1 is 0.667 bits per heavy atom. The summed E-state index contributed by atoms with van der Waals surface area (Å²) in [6.07, 6.45) is 20.2. The van der Waals surface area contributed by atoms with Gasteiger partial charge in [-0.15, -0.1) is 0 Å². The molecule has 0 aromatic carbocycles. The van der Waals surface area contributed by atoms with Gasteiger partial charge in [0.05, 0.1) is 0 Å². The maximum atomic E-state index is 10.3. The Kier molecular flexibility index (Phi) is 22.2. The molecule has 0 aromatic heterocycles. The SMILES string of the molecule is CCCCCCCCCCCCCCCCCC(=O)O.[Al+3].[H+]. The van der Waals surface area contributed by atoms with Crippen LogP contribution in [0.4, 0.5) is 0 Å². The second-order valence-electron chi connectivity index (χ2n) is 6.09. The molecule has 0 atom stereocenters. The smallest absolute Gasteiger partial charge is 0.481 e. The van der Waals surface area contributed by atoms with E-state index in [-0.39, 0.29) is 18.8 Å². The van der Waals surface area contributed by atoms with Crippen LogP contribution in [0.5, 0.6) is 0 Å². The van der Waals surface area contributed by atoms with E-state index in [9.17, 15) is 4.79 Å². The first-order valence-corrected chi connectivity index (χ1v) is 8.99. The Hall–Kier alpha value is 0.00247. The Balaban J connectivity index is -0.00000180. The Morgan fingerprint density at radius 2 is 0.952 bits per heavy atom. The second-order valence-corrected chi connectivity index (χ2v) is 6.09. The molecule has 0 fully saturated rings. The van der Waals surface area contributed by atoms with Crippen molar-refractivity contribution in [3.05, 3.63) is 0 Å². The summed E-state index contributed by atoms with van der Waals surface area (Å²) in [5.41, 5.74) is 0. The third-order valence-corrected chi connectivity index (χ3v) is 3.99. The van der Waals surface area contributed by atoms with Crippen LogP contribution in [0, 0.1) is 0 Å². The summed E-state index contributed by atoms with van der Waals surface area (Å²) in [6, 6.07) is 0. The molecule has 2 nitrogen and oxygen atoms in total. The molecule has 0 aliphatic heterocycles. The third kappa shape index (κ3) is 22.4. The normalized spacial score (nSPS) is 10.3. The fraction of sp³-hybridized carbons (Fsp3) is 0.944. The van der Waals surface area contributed by atoms with Gasteiger partial charge in [0.25, 0.3) is 0 Å². The van der Waals surface area contributed by atoms with Gasteiger partial charge in [-0.1, -0.05) is 96.8 Å².